The van der Waals surface area contributed by atoms with Gasteiger partial charge in [0.05, 0.1) is 12.6 Å². The first kappa shape index (κ1) is 15.9. The van der Waals surface area contributed by atoms with Crippen molar-refractivity contribution in [3.8, 4) is 11.5 Å². The Kier molecular flexibility index (Phi) is 4.27. The van der Waals surface area contributed by atoms with Crippen LogP contribution >= 0.6 is 0 Å². The van der Waals surface area contributed by atoms with Crippen molar-refractivity contribution in [2.45, 2.75) is 45.2 Å². The second kappa shape index (κ2) is 6.72. The summed E-state index contributed by atoms with van der Waals surface area (Å²) in [6.07, 6.45) is 3.75. The highest BCUT2D eigenvalue weighted by Gasteiger charge is 2.32. The van der Waals surface area contributed by atoms with Gasteiger partial charge in [-0.05, 0) is 31.5 Å². The lowest BCUT2D eigenvalue weighted by atomic mass is 10.2. The molecule has 25 heavy (non-hydrogen) atoms. The number of hydrogen-bond acceptors (Lipinski definition) is 8. The SMILES string of the molecule is CC(C)c1nnc(CN2CCC[C@@H]2c2nc(-c3ccccn3)no2)o1. The van der Waals surface area contributed by atoms with Crippen molar-refractivity contribution in [2.24, 2.45) is 0 Å². The summed E-state index contributed by atoms with van der Waals surface area (Å²) in [6.45, 7) is 5.60. The molecule has 0 unspecified atom stereocenters. The molecule has 0 N–H and O–H groups in total. The van der Waals surface area contributed by atoms with Crippen molar-refractivity contribution >= 4 is 0 Å². The highest BCUT2D eigenvalue weighted by atomic mass is 16.5. The molecule has 8 heteroatoms. The molecular formula is C17H20N6O2. The van der Waals surface area contributed by atoms with E-state index in [1.54, 1.807) is 6.20 Å². The molecular weight excluding hydrogens is 320 g/mol. The Morgan fingerprint density at radius 3 is 2.96 bits per heavy atom. The highest BCUT2D eigenvalue weighted by Crippen LogP contribution is 2.33. The maximum absolute atomic E-state index is 5.73. The van der Waals surface area contributed by atoms with E-state index in [1.807, 2.05) is 32.0 Å². The molecule has 3 aromatic heterocycles. The van der Waals surface area contributed by atoms with Gasteiger partial charge < -0.3 is 8.94 Å². The molecule has 0 radical (unpaired) electrons. The lowest BCUT2D eigenvalue weighted by molar-refractivity contribution is 0.184. The van der Waals surface area contributed by atoms with E-state index < -0.39 is 0 Å². The highest BCUT2D eigenvalue weighted by molar-refractivity contribution is 5.47. The summed E-state index contributed by atoms with van der Waals surface area (Å²) in [5, 5.41) is 12.3. The minimum atomic E-state index is 0.0689. The fraction of sp³-hybridized carbons (Fsp3) is 0.471. The molecule has 1 atom stereocenters. The molecule has 1 fully saturated rings. The number of rotatable bonds is 5. The standard InChI is InChI=1S/C17H20N6O2/c1-11(2)16-21-20-14(24-16)10-23-9-5-7-13(23)17-19-15(22-25-17)12-6-3-4-8-18-12/h3-4,6,8,11,13H,5,7,9-10H2,1-2H3/t13-/m1/s1. The molecule has 1 saturated heterocycles. The number of aromatic nitrogens is 5. The zero-order valence-electron chi connectivity index (χ0n) is 14.3. The monoisotopic (exact) mass is 340 g/mol. The zero-order valence-corrected chi connectivity index (χ0v) is 14.3. The van der Waals surface area contributed by atoms with Gasteiger partial charge in [-0.1, -0.05) is 25.1 Å². The first-order valence-corrected chi connectivity index (χ1v) is 8.52. The van der Waals surface area contributed by atoms with E-state index in [4.69, 9.17) is 8.94 Å². The van der Waals surface area contributed by atoms with Gasteiger partial charge >= 0.3 is 0 Å². The average Bonchev–Trinajstić information content (AvgIpc) is 3.36. The summed E-state index contributed by atoms with van der Waals surface area (Å²) < 4.78 is 11.2. The molecule has 0 saturated carbocycles. The molecule has 1 aliphatic rings. The summed E-state index contributed by atoms with van der Waals surface area (Å²) in [5.74, 6) is 2.65. The second-order valence-corrected chi connectivity index (χ2v) is 6.49. The Labute approximate surface area is 145 Å². The molecule has 0 amide bonds. The third kappa shape index (κ3) is 3.30. The van der Waals surface area contributed by atoms with Gasteiger partial charge in [0, 0.05) is 12.1 Å². The summed E-state index contributed by atoms with van der Waals surface area (Å²) in [6, 6.07) is 5.70. The Balaban J connectivity index is 1.50. The average molecular weight is 340 g/mol. The molecule has 0 aliphatic carbocycles. The van der Waals surface area contributed by atoms with E-state index >= 15 is 0 Å². The van der Waals surface area contributed by atoms with E-state index in [-0.39, 0.29) is 12.0 Å². The quantitative estimate of drug-likeness (QED) is 0.699. The molecule has 4 rings (SSSR count). The van der Waals surface area contributed by atoms with E-state index in [0.29, 0.717) is 35.7 Å². The van der Waals surface area contributed by atoms with Crippen LogP contribution in [0, 0.1) is 0 Å². The normalized spacial score (nSPS) is 18.3. The third-order valence-corrected chi connectivity index (χ3v) is 4.30. The van der Waals surface area contributed by atoms with Crippen LogP contribution in [0.2, 0.25) is 0 Å². The molecule has 0 bridgehead atoms. The van der Waals surface area contributed by atoms with E-state index in [1.165, 1.54) is 0 Å². The fourth-order valence-corrected chi connectivity index (χ4v) is 3.00. The van der Waals surface area contributed by atoms with Crippen LogP contribution in [-0.2, 0) is 6.54 Å². The van der Waals surface area contributed by atoms with Crippen LogP contribution in [0.1, 0.15) is 56.3 Å². The van der Waals surface area contributed by atoms with Crippen LogP contribution in [-0.4, -0.2) is 36.8 Å². The van der Waals surface area contributed by atoms with Gasteiger partial charge in [-0.3, -0.25) is 9.88 Å². The van der Waals surface area contributed by atoms with Crippen LogP contribution in [0.3, 0.4) is 0 Å². The van der Waals surface area contributed by atoms with Crippen LogP contribution in [0.15, 0.2) is 33.3 Å². The smallest absolute Gasteiger partial charge is 0.244 e. The Bertz CT molecular complexity index is 829. The molecule has 8 nitrogen and oxygen atoms in total. The fourth-order valence-electron chi connectivity index (χ4n) is 3.00. The van der Waals surface area contributed by atoms with Gasteiger partial charge in [0.15, 0.2) is 0 Å². The van der Waals surface area contributed by atoms with Crippen molar-refractivity contribution in [3.63, 3.8) is 0 Å². The molecule has 3 aromatic rings. The van der Waals surface area contributed by atoms with Crippen molar-refractivity contribution in [2.75, 3.05) is 6.54 Å². The predicted molar refractivity (Wildman–Crippen MR) is 88.3 cm³/mol. The molecule has 0 spiro atoms. The lowest BCUT2D eigenvalue weighted by Gasteiger charge is -2.19. The number of pyridine rings is 1. The maximum Gasteiger partial charge on any atom is 0.244 e. The molecule has 0 aromatic carbocycles. The summed E-state index contributed by atoms with van der Waals surface area (Å²) in [7, 11) is 0. The minimum Gasteiger partial charge on any atom is -0.424 e. The molecule has 1 aliphatic heterocycles. The molecule has 130 valence electrons. The Hall–Kier alpha value is -2.61. The van der Waals surface area contributed by atoms with Crippen LogP contribution in [0.25, 0.3) is 11.5 Å². The summed E-state index contributed by atoms with van der Waals surface area (Å²) in [4.78, 5) is 11.0. The zero-order chi connectivity index (χ0) is 17.2. The van der Waals surface area contributed by atoms with Crippen LogP contribution in [0.4, 0.5) is 0 Å². The van der Waals surface area contributed by atoms with E-state index in [9.17, 15) is 0 Å². The van der Waals surface area contributed by atoms with Crippen LogP contribution in [0.5, 0.6) is 0 Å². The lowest BCUT2D eigenvalue weighted by Crippen LogP contribution is -2.23. The first-order valence-electron chi connectivity index (χ1n) is 8.52. The van der Waals surface area contributed by atoms with Crippen molar-refractivity contribution < 1.29 is 8.94 Å². The third-order valence-electron chi connectivity index (χ3n) is 4.30. The van der Waals surface area contributed by atoms with Crippen molar-refractivity contribution in [3.05, 3.63) is 42.1 Å². The Morgan fingerprint density at radius 1 is 1.28 bits per heavy atom. The minimum absolute atomic E-state index is 0.0689. The van der Waals surface area contributed by atoms with E-state index in [2.05, 4.69) is 30.2 Å². The van der Waals surface area contributed by atoms with Crippen molar-refractivity contribution in [1.82, 2.24) is 30.2 Å². The van der Waals surface area contributed by atoms with Gasteiger partial charge in [0.2, 0.25) is 23.5 Å². The Morgan fingerprint density at radius 2 is 2.20 bits per heavy atom. The largest absolute Gasteiger partial charge is 0.424 e. The number of hydrogen-bond donors (Lipinski definition) is 0. The van der Waals surface area contributed by atoms with Gasteiger partial charge in [0.25, 0.3) is 0 Å². The molecule has 4 heterocycles. The first-order chi connectivity index (χ1) is 12.2. The van der Waals surface area contributed by atoms with Gasteiger partial charge in [-0.15, -0.1) is 10.2 Å². The van der Waals surface area contributed by atoms with Gasteiger partial charge in [-0.2, -0.15) is 4.98 Å². The maximum atomic E-state index is 5.73. The topological polar surface area (TPSA) is 94.0 Å². The number of nitrogens with zero attached hydrogens (tertiary/aromatic N) is 6. The van der Waals surface area contributed by atoms with Gasteiger partial charge in [0.1, 0.15) is 5.69 Å². The summed E-state index contributed by atoms with van der Waals surface area (Å²) in [5.41, 5.74) is 0.709. The van der Waals surface area contributed by atoms with Gasteiger partial charge in [-0.25, -0.2) is 0 Å². The predicted octanol–water partition coefficient (Wildman–Crippen LogP) is 2.98. The second-order valence-electron chi connectivity index (χ2n) is 6.49. The van der Waals surface area contributed by atoms with Crippen LogP contribution < -0.4 is 0 Å². The summed E-state index contributed by atoms with van der Waals surface area (Å²) >= 11 is 0. The van der Waals surface area contributed by atoms with Crippen molar-refractivity contribution in [1.29, 1.82) is 0 Å². The van der Waals surface area contributed by atoms with E-state index in [0.717, 1.165) is 19.4 Å². The number of likely N-dealkylation sites (tertiary alicyclic amines) is 1.